The zero-order chi connectivity index (χ0) is 21.1. The quantitative estimate of drug-likeness (QED) is 0.584. The largest absolute Gasteiger partial charge is 0.353 e. The fraction of sp³-hybridized carbons (Fsp3) is 0.864. The Morgan fingerprint density at radius 3 is 2.18 bits per heavy atom. The Balaban J connectivity index is 2.36. The first kappa shape index (κ1) is 24.4. The Morgan fingerprint density at radius 1 is 1.11 bits per heavy atom. The third-order valence-electron chi connectivity index (χ3n) is 6.01. The lowest BCUT2D eigenvalue weighted by Gasteiger charge is -2.36. The fourth-order valence-electron chi connectivity index (χ4n) is 4.04. The molecule has 0 radical (unpaired) electrons. The number of likely N-dealkylation sites (tertiary alicyclic amines) is 1. The van der Waals surface area contributed by atoms with E-state index in [4.69, 9.17) is 0 Å². The maximum Gasteiger partial charge on any atom is 0.225 e. The van der Waals surface area contributed by atoms with Crippen LogP contribution in [0.25, 0.3) is 0 Å². The van der Waals surface area contributed by atoms with Gasteiger partial charge in [-0.05, 0) is 44.9 Å². The molecule has 6 heteroatoms. The molecule has 1 atom stereocenters. The molecular weight excluding hydrogens is 354 g/mol. The number of rotatable bonds is 11. The molecule has 162 valence electrons. The number of amides is 3. The van der Waals surface area contributed by atoms with Crippen LogP contribution in [0.2, 0.25) is 0 Å². The highest BCUT2D eigenvalue weighted by atomic mass is 16.2. The van der Waals surface area contributed by atoms with Crippen LogP contribution in [0.3, 0.4) is 0 Å². The maximum absolute atomic E-state index is 12.8. The van der Waals surface area contributed by atoms with Crippen LogP contribution in [0.1, 0.15) is 79.1 Å². The van der Waals surface area contributed by atoms with Gasteiger partial charge < -0.3 is 15.1 Å². The van der Waals surface area contributed by atoms with Crippen LogP contribution in [0.15, 0.2) is 0 Å². The molecule has 0 saturated carbocycles. The third kappa shape index (κ3) is 8.19. The summed E-state index contributed by atoms with van der Waals surface area (Å²) in [4.78, 5) is 39.8. The number of nitrogens with zero attached hydrogens (tertiary/aromatic N) is 2. The second-order valence-corrected chi connectivity index (χ2v) is 8.34. The Bertz CT molecular complexity index is 495. The third-order valence-corrected chi connectivity index (χ3v) is 6.01. The van der Waals surface area contributed by atoms with Crippen molar-refractivity contribution < 1.29 is 14.4 Å². The molecule has 0 bridgehead atoms. The molecular formula is C22H41N3O3. The van der Waals surface area contributed by atoms with Crippen molar-refractivity contribution in [2.24, 2.45) is 11.8 Å². The van der Waals surface area contributed by atoms with Gasteiger partial charge in [-0.25, -0.2) is 0 Å². The molecule has 1 saturated heterocycles. The van der Waals surface area contributed by atoms with Crippen molar-refractivity contribution in [1.29, 1.82) is 0 Å². The minimum atomic E-state index is 0.0233. The number of carbonyl (C=O) groups is 3. The Kier molecular flexibility index (Phi) is 11.2. The van der Waals surface area contributed by atoms with Gasteiger partial charge in [0, 0.05) is 52.0 Å². The molecule has 0 spiro atoms. The van der Waals surface area contributed by atoms with Gasteiger partial charge in [0.25, 0.3) is 0 Å². The van der Waals surface area contributed by atoms with Gasteiger partial charge in [0.1, 0.15) is 0 Å². The first-order chi connectivity index (χ1) is 13.3. The van der Waals surface area contributed by atoms with E-state index in [0.29, 0.717) is 31.2 Å². The molecule has 3 amide bonds. The van der Waals surface area contributed by atoms with Crippen LogP contribution < -0.4 is 5.32 Å². The molecule has 1 aliphatic heterocycles. The number of nitrogens with one attached hydrogen (secondary N) is 1. The number of hydrogen-bond donors (Lipinski definition) is 1. The van der Waals surface area contributed by atoms with E-state index in [1.54, 1.807) is 11.9 Å². The van der Waals surface area contributed by atoms with Crippen molar-refractivity contribution in [3.05, 3.63) is 0 Å². The average Bonchev–Trinajstić information content (AvgIpc) is 2.67. The molecule has 0 aliphatic carbocycles. The molecule has 1 N–H and O–H groups in total. The lowest BCUT2D eigenvalue weighted by atomic mass is 9.88. The molecule has 1 rings (SSSR count). The average molecular weight is 396 g/mol. The minimum absolute atomic E-state index is 0.0233. The summed E-state index contributed by atoms with van der Waals surface area (Å²) < 4.78 is 0. The minimum Gasteiger partial charge on any atom is -0.353 e. The van der Waals surface area contributed by atoms with Gasteiger partial charge in [-0.2, -0.15) is 0 Å². The van der Waals surface area contributed by atoms with Crippen LogP contribution in [-0.4, -0.2) is 60.2 Å². The van der Waals surface area contributed by atoms with Crippen molar-refractivity contribution in [3.63, 3.8) is 0 Å². The molecule has 1 fully saturated rings. The van der Waals surface area contributed by atoms with E-state index in [0.717, 1.165) is 51.6 Å². The maximum atomic E-state index is 12.8. The molecule has 28 heavy (non-hydrogen) atoms. The van der Waals surface area contributed by atoms with Crippen LogP contribution in [0.4, 0.5) is 0 Å². The van der Waals surface area contributed by atoms with Gasteiger partial charge >= 0.3 is 0 Å². The van der Waals surface area contributed by atoms with Crippen molar-refractivity contribution >= 4 is 17.7 Å². The molecule has 1 aliphatic rings. The molecule has 1 heterocycles. The first-order valence-corrected chi connectivity index (χ1v) is 11.1. The summed E-state index contributed by atoms with van der Waals surface area (Å²) in [6.45, 7) is 10.1. The lowest BCUT2D eigenvalue weighted by Crippen LogP contribution is -2.47. The number of carbonyl (C=O) groups excluding carboxylic acids is 3. The van der Waals surface area contributed by atoms with E-state index < -0.39 is 0 Å². The van der Waals surface area contributed by atoms with Crippen molar-refractivity contribution in [1.82, 2.24) is 15.1 Å². The van der Waals surface area contributed by atoms with E-state index in [1.165, 1.54) is 6.92 Å². The van der Waals surface area contributed by atoms with Crippen molar-refractivity contribution in [3.8, 4) is 0 Å². The second kappa shape index (κ2) is 12.8. The smallest absolute Gasteiger partial charge is 0.225 e. The standard InChI is InChI=1S/C22H41N3O3/c1-6-9-20(10-7-2)22(28)25-15-12-19(13-16-25)17(3)23-21(27)11-8-14-24(5)18(4)26/h17,19-20H,6-16H2,1-5H3,(H,23,27)/t17-/m1/s1. The van der Waals surface area contributed by atoms with Crippen LogP contribution >= 0.6 is 0 Å². The zero-order valence-electron chi connectivity index (χ0n) is 18.6. The SMILES string of the molecule is CCCC(CCC)C(=O)N1CCC([C@@H](C)NC(=O)CCCN(C)C(C)=O)CC1. The Labute approximate surface area is 171 Å². The molecule has 0 aromatic heterocycles. The van der Waals surface area contributed by atoms with Crippen molar-refractivity contribution in [2.45, 2.75) is 85.1 Å². The summed E-state index contributed by atoms with van der Waals surface area (Å²) in [5, 5.41) is 3.11. The summed E-state index contributed by atoms with van der Waals surface area (Å²) in [5.74, 6) is 0.998. The van der Waals surface area contributed by atoms with Crippen molar-refractivity contribution in [2.75, 3.05) is 26.7 Å². The highest BCUT2D eigenvalue weighted by Gasteiger charge is 2.29. The van der Waals surface area contributed by atoms with E-state index in [2.05, 4.69) is 26.1 Å². The van der Waals surface area contributed by atoms with Gasteiger partial charge in [-0.3, -0.25) is 14.4 Å². The molecule has 0 aromatic carbocycles. The van der Waals surface area contributed by atoms with Gasteiger partial charge in [0.15, 0.2) is 0 Å². The van der Waals surface area contributed by atoms with Gasteiger partial charge in [0.2, 0.25) is 17.7 Å². The van der Waals surface area contributed by atoms with E-state index >= 15 is 0 Å². The predicted molar refractivity (Wildman–Crippen MR) is 113 cm³/mol. The van der Waals surface area contributed by atoms with Crippen LogP contribution in [0, 0.1) is 11.8 Å². The van der Waals surface area contributed by atoms with E-state index in [1.807, 2.05) is 4.90 Å². The summed E-state index contributed by atoms with van der Waals surface area (Å²) in [6, 6.07) is 0.123. The second-order valence-electron chi connectivity index (χ2n) is 8.34. The Morgan fingerprint density at radius 2 is 1.68 bits per heavy atom. The summed E-state index contributed by atoms with van der Waals surface area (Å²) in [6.07, 6.45) is 7.09. The monoisotopic (exact) mass is 395 g/mol. The predicted octanol–water partition coefficient (Wildman–Crippen LogP) is 3.20. The number of hydrogen-bond acceptors (Lipinski definition) is 3. The van der Waals surface area contributed by atoms with Gasteiger partial charge in [0.05, 0.1) is 0 Å². The van der Waals surface area contributed by atoms with Gasteiger partial charge in [-0.15, -0.1) is 0 Å². The zero-order valence-corrected chi connectivity index (χ0v) is 18.6. The topological polar surface area (TPSA) is 69.7 Å². The molecule has 0 unspecified atom stereocenters. The van der Waals surface area contributed by atoms with E-state index in [-0.39, 0.29) is 23.8 Å². The van der Waals surface area contributed by atoms with Crippen LogP contribution in [-0.2, 0) is 14.4 Å². The molecule has 0 aromatic rings. The Hall–Kier alpha value is -1.59. The van der Waals surface area contributed by atoms with Crippen LogP contribution in [0.5, 0.6) is 0 Å². The normalized spacial score (nSPS) is 16.1. The number of piperidine rings is 1. The van der Waals surface area contributed by atoms with Gasteiger partial charge in [-0.1, -0.05) is 26.7 Å². The summed E-state index contributed by atoms with van der Waals surface area (Å²) in [5.41, 5.74) is 0. The lowest BCUT2D eigenvalue weighted by molar-refractivity contribution is -0.138. The summed E-state index contributed by atoms with van der Waals surface area (Å²) in [7, 11) is 1.75. The highest BCUT2D eigenvalue weighted by molar-refractivity contribution is 5.79. The molecule has 6 nitrogen and oxygen atoms in total. The fourth-order valence-corrected chi connectivity index (χ4v) is 4.04. The highest BCUT2D eigenvalue weighted by Crippen LogP contribution is 2.24. The summed E-state index contributed by atoms with van der Waals surface area (Å²) >= 11 is 0. The van der Waals surface area contributed by atoms with E-state index in [9.17, 15) is 14.4 Å². The first-order valence-electron chi connectivity index (χ1n) is 11.1.